The van der Waals surface area contributed by atoms with Gasteiger partial charge in [0.15, 0.2) is 0 Å². The van der Waals surface area contributed by atoms with E-state index >= 15 is 0 Å². The summed E-state index contributed by atoms with van der Waals surface area (Å²) in [6, 6.07) is 5.93. The van der Waals surface area contributed by atoms with Crippen molar-refractivity contribution in [3.8, 4) is 0 Å². The number of para-hydroxylation sites is 1. The molecular formula is C21H30N3O17P3. The van der Waals surface area contributed by atoms with Crippen LogP contribution in [0.2, 0.25) is 0 Å². The van der Waals surface area contributed by atoms with Crippen LogP contribution in [-0.4, -0.2) is 58.0 Å². The summed E-state index contributed by atoms with van der Waals surface area (Å²) < 4.78 is 58.3. The molecule has 1 aliphatic rings. The molecule has 0 bridgehead atoms. The minimum absolute atomic E-state index is 0.0905. The number of hydrogen-bond donors (Lipinski definition) is 6. The van der Waals surface area contributed by atoms with Crippen LogP contribution in [0.4, 0.5) is 5.69 Å². The van der Waals surface area contributed by atoms with Crippen molar-refractivity contribution in [1.29, 1.82) is 0 Å². The van der Waals surface area contributed by atoms with Gasteiger partial charge in [0, 0.05) is 18.7 Å². The largest absolute Gasteiger partial charge is 0.490 e. The molecule has 20 nitrogen and oxygen atoms in total. The van der Waals surface area contributed by atoms with Gasteiger partial charge in [-0.3, -0.25) is 29.0 Å². The second-order valence-corrected chi connectivity index (χ2v) is 14.9. The number of nitro groups is 1. The summed E-state index contributed by atoms with van der Waals surface area (Å²) in [5, 5.41) is 22.0. The maximum absolute atomic E-state index is 12.6. The highest BCUT2D eigenvalue weighted by Crippen LogP contribution is 2.66. The van der Waals surface area contributed by atoms with Crippen LogP contribution in [0.1, 0.15) is 50.7 Å². The lowest BCUT2D eigenvalue weighted by Crippen LogP contribution is -2.35. The number of phosphoric ester groups is 1. The molecule has 2 heterocycles. The highest BCUT2D eigenvalue weighted by atomic mass is 31.3. The fraction of sp³-hybridized carbons (Fsp3) is 0.524. The minimum Gasteiger partial charge on any atom is -0.390 e. The van der Waals surface area contributed by atoms with Gasteiger partial charge in [0.25, 0.3) is 11.2 Å². The van der Waals surface area contributed by atoms with E-state index in [0.717, 1.165) is 10.8 Å². The number of phosphoric acid groups is 3. The lowest BCUT2D eigenvalue weighted by molar-refractivity contribution is -0.386. The molecule has 44 heavy (non-hydrogen) atoms. The Morgan fingerprint density at radius 3 is 2.34 bits per heavy atom. The van der Waals surface area contributed by atoms with Crippen LogP contribution >= 0.6 is 23.5 Å². The summed E-state index contributed by atoms with van der Waals surface area (Å²) in [6.45, 7) is 3.94. The molecule has 0 saturated carbocycles. The van der Waals surface area contributed by atoms with Gasteiger partial charge in [-0.1, -0.05) is 32.9 Å². The first kappa shape index (κ1) is 36.1. The Balaban J connectivity index is 1.75. The average molecular weight is 689 g/mol. The third-order valence-corrected chi connectivity index (χ3v) is 9.78. The quantitative estimate of drug-likeness (QED) is 0.0991. The lowest BCUT2D eigenvalue weighted by atomic mass is 9.84. The molecule has 1 saturated heterocycles. The van der Waals surface area contributed by atoms with Gasteiger partial charge in [0.2, 0.25) is 0 Å². The number of rotatable bonds is 13. The molecule has 23 heteroatoms. The van der Waals surface area contributed by atoms with Crippen LogP contribution in [0.5, 0.6) is 0 Å². The maximum atomic E-state index is 12.6. The first-order valence-electron chi connectivity index (χ1n) is 12.4. The third kappa shape index (κ3) is 9.79. The molecular weight excluding hydrogens is 659 g/mol. The summed E-state index contributed by atoms with van der Waals surface area (Å²) in [5.41, 5.74) is -2.49. The van der Waals surface area contributed by atoms with E-state index in [-0.39, 0.29) is 23.2 Å². The normalized spacial score (nSPS) is 22.7. The van der Waals surface area contributed by atoms with E-state index in [1.165, 1.54) is 18.2 Å². The molecule has 0 amide bonds. The molecule has 6 N–H and O–H groups in total. The Hall–Kier alpha value is -2.41. The molecule has 1 aromatic carbocycles. The number of benzene rings is 1. The Morgan fingerprint density at radius 1 is 1.11 bits per heavy atom. The van der Waals surface area contributed by atoms with Gasteiger partial charge in [0.1, 0.15) is 12.3 Å². The molecule has 1 fully saturated rings. The topological polar surface area (TPSA) is 297 Å². The van der Waals surface area contributed by atoms with Gasteiger partial charge in [0.05, 0.1) is 41.5 Å². The third-order valence-electron chi connectivity index (χ3n) is 5.98. The van der Waals surface area contributed by atoms with Crippen molar-refractivity contribution in [3.05, 3.63) is 72.5 Å². The second-order valence-electron chi connectivity index (χ2n) is 10.5. The van der Waals surface area contributed by atoms with Crippen LogP contribution in [0, 0.1) is 15.5 Å². The Kier molecular flexibility index (Phi) is 11.1. The van der Waals surface area contributed by atoms with Gasteiger partial charge in [-0.15, -0.1) is 0 Å². The zero-order valence-corrected chi connectivity index (χ0v) is 25.9. The summed E-state index contributed by atoms with van der Waals surface area (Å²) in [4.78, 5) is 74.3. The minimum atomic E-state index is -5.77. The highest BCUT2D eigenvalue weighted by Gasteiger charge is 2.43. The fourth-order valence-electron chi connectivity index (χ4n) is 4.21. The highest BCUT2D eigenvalue weighted by molar-refractivity contribution is 7.66. The van der Waals surface area contributed by atoms with E-state index in [1.54, 1.807) is 26.8 Å². The molecule has 0 radical (unpaired) electrons. The molecule has 1 aliphatic heterocycles. The first-order valence-corrected chi connectivity index (χ1v) is 16.9. The summed E-state index contributed by atoms with van der Waals surface area (Å²) in [7, 11) is -16.9. The van der Waals surface area contributed by atoms with Crippen molar-refractivity contribution in [3.63, 3.8) is 0 Å². The van der Waals surface area contributed by atoms with Crippen molar-refractivity contribution in [1.82, 2.24) is 9.55 Å². The Labute approximate surface area is 247 Å². The number of nitro benzene ring substituents is 1. The molecule has 1 aromatic heterocycles. The number of aliphatic hydroxyl groups excluding tert-OH is 1. The van der Waals surface area contributed by atoms with Crippen molar-refractivity contribution >= 4 is 29.2 Å². The average Bonchev–Trinajstić information content (AvgIpc) is 3.21. The van der Waals surface area contributed by atoms with E-state index < -0.39 is 82.8 Å². The maximum Gasteiger partial charge on any atom is 0.490 e. The summed E-state index contributed by atoms with van der Waals surface area (Å²) >= 11 is 0. The number of aromatic amines is 1. The molecule has 6 atom stereocenters. The first-order chi connectivity index (χ1) is 20.1. The van der Waals surface area contributed by atoms with E-state index in [4.69, 9.17) is 19.3 Å². The van der Waals surface area contributed by atoms with Crippen LogP contribution < -0.4 is 11.2 Å². The van der Waals surface area contributed by atoms with Crippen molar-refractivity contribution in [2.75, 3.05) is 6.61 Å². The smallest absolute Gasteiger partial charge is 0.390 e. The SMILES string of the molecule is CC(C)(C)C(OCc1cn([C@H]2C[C@H](O)[C@@H](COP(=O)(O)OP(=O)(O)OP(=O)(O)O)O2)c(=O)[nH]c1=O)c1ccccc1[N+](=O)[O-]. The number of H-pyrrole nitrogens is 1. The van der Waals surface area contributed by atoms with E-state index in [2.05, 4.69) is 18.1 Å². The number of nitrogens with zero attached hydrogens (tertiary/aromatic N) is 2. The number of aromatic nitrogens is 2. The van der Waals surface area contributed by atoms with Crippen molar-refractivity contribution in [2.45, 2.75) is 58.3 Å². The molecule has 246 valence electrons. The van der Waals surface area contributed by atoms with Gasteiger partial charge in [-0.2, -0.15) is 8.62 Å². The van der Waals surface area contributed by atoms with Crippen LogP contribution in [-0.2, 0) is 42.9 Å². The van der Waals surface area contributed by atoms with Crippen LogP contribution in [0.15, 0.2) is 40.1 Å². The summed E-state index contributed by atoms with van der Waals surface area (Å²) in [6.07, 6.45) is -4.24. The lowest BCUT2D eigenvalue weighted by Gasteiger charge is -2.30. The number of ether oxygens (including phenoxy) is 2. The Morgan fingerprint density at radius 2 is 1.75 bits per heavy atom. The molecule has 0 aliphatic carbocycles. The molecule has 0 spiro atoms. The monoisotopic (exact) mass is 689 g/mol. The van der Waals surface area contributed by atoms with E-state index in [0.29, 0.717) is 0 Å². The fourth-order valence-corrected chi connectivity index (χ4v) is 7.24. The number of hydrogen-bond acceptors (Lipinski definition) is 13. The second kappa shape index (κ2) is 13.5. The summed E-state index contributed by atoms with van der Waals surface area (Å²) in [5.74, 6) is 0. The molecule has 3 rings (SSSR count). The zero-order chi connectivity index (χ0) is 33.3. The van der Waals surface area contributed by atoms with Gasteiger partial charge >= 0.3 is 29.2 Å². The van der Waals surface area contributed by atoms with Crippen molar-refractivity contribution < 1.29 is 65.9 Å². The van der Waals surface area contributed by atoms with Crippen LogP contribution in [0.3, 0.4) is 0 Å². The van der Waals surface area contributed by atoms with Crippen LogP contribution in [0.25, 0.3) is 0 Å². The van der Waals surface area contributed by atoms with E-state index in [9.17, 15) is 48.3 Å². The van der Waals surface area contributed by atoms with E-state index in [1.807, 2.05) is 0 Å². The Bertz CT molecular complexity index is 1630. The number of aliphatic hydroxyl groups is 1. The predicted molar refractivity (Wildman–Crippen MR) is 146 cm³/mol. The number of nitrogens with one attached hydrogen (secondary N) is 1. The van der Waals surface area contributed by atoms with Gasteiger partial charge in [-0.25, -0.2) is 18.5 Å². The molecule has 2 aromatic rings. The van der Waals surface area contributed by atoms with Crippen molar-refractivity contribution in [2.24, 2.45) is 5.41 Å². The zero-order valence-electron chi connectivity index (χ0n) is 23.2. The molecule has 3 unspecified atom stereocenters. The van der Waals surface area contributed by atoms with Gasteiger partial charge < -0.3 is 34.2 Å². The predicted octanol–water partition coefficient (Wildman–Crippen LogP) is 1.74. The van der Waals surface area contributed by atoms with Gasteiger partial charge in [-0.05, 0) is 11.5 Å². The standard InChI is InChI=1S/C21H30N3O17P3/c1-21(2,3)18(13-6-4-5-7-14(13)24(28)29)37-10-12-9-23(20(27)22-19(12)26)17-8-15(25)16(39-17)11-38-43(33,34)41-44(35,36)40-42(30,31)32/h4-7,9,15-18,25H,8,10-11H2,1-3H3,(H,33,34)(H,35,36)(H,22,26,27)(H2,30,31,32)/t15-,16+,17+,18?/m0/s1.